The first-order valence-corrected chi connectivity index (χ1v) is 6.48. The Bertz CT molecular complexity index is 685. The summed E-state index contributed by atoms with van der Waals surface area (Å²) in [4.78, 5) is 13.1. The fourth-order valence-electron chi connectivity index (χ4n) is 1.60. The first kappa shape index (κ1) is 9.74. The topological polar surface area (TPSA) is 43.4 Å². The van der Waals surface area contributed by atoms with Crippen molar-refractivity contribution in [2.45, 2.75) is 4.90 Å². The van der Waals surface area contributed by atoms with Gasteiger partial charge in [0.15, 0.2) is 0 Å². The van der Waals surface area contributed by atoms with Gasteiger partial charge in [-0.3, -0.25) is 4.79 Å². The third-order valence-electron chi connectivity index (χ3n) is 2.31. The van der Waals surface area contributed by atoms with Crippen LogP contribution in [0.3, 0.4) is 0 Å². The highest BCUT2D eigenvalue weighted by Gasteiger charge is 2.20. The van der Waals surface area contributed by atoms with Crippen LogP contribution in [-0.2, 0) is 15.3 Å². The van der Waals surface area contributed by atoms with Crippen LogP contribution in [0.2, 0.25) is 0 Å². The number of rotatable bonds is 0. The van der Waals surface area contributed by atoms with Gasteiger partial charge in [0.05, 0.1) is 4.88 Å². The van der Waals surface area contributed by atoms with E-state index in [0.29, 0.717) is 10.3 Å². The van der Waals surface area contributed by atoms with E-state index >= 15 is 0 Å². The molecule has 1 aromatic heterocycles. The lowest BCUT2D eigenvalue weighted by molar-refractivity contribution is 0.504. The van der Waals surface area contributed by atoms with Crippen molar-refractivity contribution in [2.75, 3.05) is 0 Å². The molecule has 0 N–H and O–H groups in total. The normalized spacial score (nSPS) is 18.1. The van der Waals surface area contributed by atoms with Crippen LogP contribution >= 0.6 is 11.3 Å². The number of hydrogen-bond acceptors (Lipinski definition) is 4. The van der Waals surface area contributed by atoms with Gasteiger partial charge in [0.2, 0.25) is 16.5 Å². The van der Waals surface area contributed by atoms with Gasteiger partial charge in [-0.2, -0.15) is 0 Å². The molecule has 1 atom stereocenters. The monoisotopic (exact) mass is 250 g/mol. The van der Waals surface area contributed by atoms with Crippen molar-refractivity contribution in [1.82, 2.24) is 0 Å². The molecule has 1 aliphatic rings. The van der Waals surface area contributed by atoms with E-state index in [9.17, 15) is 9.00 Å². The van der Waals surface area contributed by atoms with E-state index in [0.717, 1.165) is 4.70 Å². The van der Waals surface area contributed by atoms with Crippen LogP contribution < -0.4 is 5.43 Å². The van der Waals surface area contributed by atoms with Crippen molar-refractivity contribution >= 4 is 38.6 Å². The average Bonchev–Trinajstić information content (AvgIpc) is 2.29. The van der Waals surface area contributed by atoms with Crippen molar-refractivity contribution in [3.8, 4) is 0 Å². The number of fused-ring (bicyclic) bond motifs is 2. The highest BCUT2D eigenvalue weighted by atomic mass is 32.2. The Morgan fingerprint density at radius 2 is 2.06 bits per heavy atom. The van der Waals surface area contributed by atoms with E-state index in [1.807, 2.05) is 12.1 Å². The molecule has 16 heavy (non-hydrogen) atoms. The molecule has 2 heterocycles. The van der Waals surface area contributed by atoms with Crippen LogP contribution in [0.25, 0.3) is 16.2 Å². The summed E-state index contributed by atoms with van der Waals surface area (Å²) in [5, 5.41) is 0.596. The summed E-state index contributed by atoms with van der Waals surface area (Å²) in [5.74, 6) is 0. The molecule has 0 saturated carbocycles. The van der Waals surface area contributed by atoms with Gasteiger partial charge in [-0.15, -0.1) is 11.3 Å². The lowest BCUT2D eigenvalue weighted by Crippen LogP contribution is -2.14. The van der Waals surface area contributed by atoms with Gasteiger partial charge >= 0.3 is 0 Å². The molecule has 3 nitrogen and oxygen atoms in total. The van der Waals surface area contributed by atoms with Gasteiger partial charge in [-0.25, -0.2) is 4.21 Å². The molecule has 2 aromatic rings. The zero-order valence-electron chi connectivity index (χ0n) is 8.01. The van der Waals surface area contributed by atoms with Crippen molar-refractivity contribution in [3.63, 3.8) is 0 Å². The zero-order chi connectivity index (χ0) is 11.1. The van der Waals surface area contributed by atoms with Gasteiger partial charge in [-0.05, 0) is 18.2 Å². The first-order valence-electron chi connectivity index (χ1n) is 4.58. The standard InChI is InChI=1S/C11H6O3S2/c12-10-7-3-1-2-4-8(7)15-9-5-6-14-16(13)11(9)10/h1-6H. The molecule has 0 bridgehead atoms. The SMILES string of the molecule is O=c1c2c(sc3ccccc13)C=COS2=O. The molecular formula is C11H6O3S2. The molecule has 80 valence electrons. The zero-order valence-corrected chi connectivity index (χ0v) is 9.64. The Kier molecular flexibility index (Phi) is 2.15. The Hall–Kier alpha value is -1.46. The fraction of sp³-hybridized carbons (Fsp3) is 0. The van der Waals surface area contributed by atoms with Gasteiger partial charge in [0.25, 0.3) is 0 Å². The summed E-state index contributed by atoms with van der Waals surface area (Å²) in [5.41, 5.74) is -0.202. The highest BCUT2D eigenvalue weighted by Crippen LogP contribution is 2.27. The summed E-state index contributed by atoms with van der Waals surface area (Å²) in [6, 6.07) is 7.30. The van der Waals surface area contributed by atoms with Crippen molar-refractivity contribution in [2.24, 2.45) is 0 Å². The summed E-state index contributed by atoms with van der Waals surface area (Å²) in [7, 11) is 0. The summed E-state index contributed by atoms with van der Waals surface area (Å²) >= 11 is -0.224. The molecule has 1 aliphatic heterocycles. The minimum Gasteiger partial charge on any atom is -0.405 e. The van der Waals surface area contributed by atoms with Gasteiger partial charge in [0, 0.05) is 10.1 Å². The third kappa shape index (κ3) is 1.32. The van der Waals surface area contributed by atoms with E-state index < -0.39 is 11.1 Å². The van der Waals surface area contributed by atoms with Gasteiger partial charge in [0.1, 0.15) is 11.2 Å². The first-order chi connectivity index (χ1) is 7.77. The van der Waals surface area contributed by atoms with Gasteiger partial charge < -0.3 is 4.18 Å². The maximum Gasteiger partial charge on any atom is 0.245 e. The van der Waals surface area contributed by atoms with Crippen LogP contribution in [0.5, 0.6) is 0 Å². The van der Waals surface area contributed by atoms with E-state index in [1.165, 1.54) is 17.6 Å². The second-order valence-corrected chi connectivity index (χ2v) is 5.41. The largest absolute Gasteiger partial charge is 0.405 e. The van der Waals surface area contributed by atoms with Crippen molar-refractivity contribution in [1.29, 1.82) is 0 Å². The van der Waals surface area contributed by atoms with Crippen LogP contribution in [0, 0.1) is 0 Å². The third-order valence-corrected chi connectivity index (χ3v) is 4.60. The van der Waals surface area contributed by atoms with E-state index in [4.69, 9.17) is 4.18 Å². The summed E-state index contributed by atoms with van der Waals surface area (Å²) in [6.07, 6.45) is 3.04. The maximum absolute atomic E-state index is 12.1. The molecule has 3 rings (SSSR count). The average molecular weight is 250 g/mol. The van der Waals surface area contributed by atoms with Crippen LogP contribution in [-0.4, -0.2) is 4.21 Å². The van der Waals surface area contributed by atoms with Crippen molar-refractivity contribution in [3.05, 3.63) is 45.6 Å². The quantitative estimate of drug-likeness (QED) is 0.720. The van der Waals surface area contributed by atoms with Gasteiger partial charge in [-0.1, -0.05) is 12.1 Å². The highest BCUT2D eigenvalue weighted by molar-refractivity contribution is 7.80. The van der Waals surface area contributed by atoms with E-state index in [2.05, 4.69) is 0 Å². The fourth-order valence-corrected chi connectivity index (χ4v) is 3.64. The predicted molar refractivity (Wildman–Crippen MR) is 64.6 cm³/mol. The minimum atomic E-state index is -1.67. The summed E-state index contributed by atoms with van der Waals surface area (Å²) < 4.78 is 17.3. The summed E-state index contributed by atoms with van der Waals surface area (Å²) in [6.45, 7) is 0. The number of hydrogen-bond donors (Lipinski definition) is 0. The predicted octanol–water partition coefficient (Wildman–Crippen LogP) is 2.29. The van der Waals surface area contributed by atoms with E-state index in [1.54, 1.807) is 18.2 Å². The molecule has 5 heteroatoms. The smallest absolute Gasteiger partial charge is 0.245 e. The second-order valence-electron chi connectivity index (χ2n) is 3.25. The van der Waals surface area contributed by atoms with Crippen LogP contribution in [0.15, 0.2) is 40.2 Å². The molecule has 0 fully saturated rings. The molecule has 1 aromatic carbocycles. The lowest BCUT2D eigenvalue weighted by atomic mass is 10.2. The van der Waals surface area contributed by atoms with Crippen LogP contribution in [0.1, 0.15) is 4.88 Å². The minimum absolute atomic E-state index is 0.202. The molecule has 0 spiro atoms. The molecule has 0 aliphatic carbocycles. The Balaban J connectivity index is 2.52. The van der Waals surface area contributed by atoms with Crippen LogP contribution in [0.4, 0.5) is 0 Å². The lowest BCUT2D eigenvalue weighted by Gasteiger charge is -2.09. The van der Waals surface area contributed by atoms with E-state index in [-0.39, 0.29) is 10.3 Å². The molecule has 1 unspecified atom stereocenters. The molecule has 0 amide bonds. The molecule has 0 radical (unpaired) electrons. The van der Waals surface area contributed by atoms with Crippen molar-refractivity contribution < 1.29 is 8.39 Å². The second kappa shape index (κ2) is 3.54. The maximum atomic E-state index is 12.1. The molecular weight excluding hydrogens is 244 g/mol. The Labute approximate surface area is 97.7 Å². The Morgan fingerprint density at radius 1 is 1.25 bits per heavy atom. The molecule has 0 saturated heterocycles. The number of benzene rings is 1. The Morgan fingerprint density at radius 3 is 2.94 bits per heavy atom.